The molecule has 0 fully saturated rings. The summed E-state index contributed by atoms with van der Waals surface area (Å²) in [6.07, 6.45) is 3.32. The molecule has 0 saturated carbocycles. The van der Waals surface area contributed by atoms with E-state index in [2.05, 4.69) is 34.8 Å². The van der Waals surface area contributed by atoms with Crippen molar-refractivity contribution in [3.05, 3.63) is 31.5 Å². The van der Waals surface area contributed by atoms with Crippen LogP contribution in [0.1, 0.15) is 26.7 Å². The van der Waals surface area contributed by atoms with Crippen LogP contribution in [0.3, 0.4) is 0 Å². The fourth-order valence-corrected chi connectivity index (χ4v) is 1.79. The Kier molecular flexibility index (Phi) is 4.32. The van der Waals surface area contributed by atoms with Crippen molar-refractivity contribution in [2.75, 3.05) is 0 Å². The van der Waals surface area contributed by atoms with Gasteiger partial charge in [0.25, 0.3) is 5.56 Å². The van der Waals surface area contributed by atoms with E-state index in [4.69, 9.17) is 0 Å². The molecule has 0 spiro atoms. The number of nitrogens with one attached hydrogen (secondary N) is 1. The van der Waals surface area contributed by atoms with Gasteiger partial charge in [0.05, 0.1) is 4.47 Å². The molecule has 1 rings (SSSR count). The lowest BCUT2D eigenvalue weighted by atomic mass is 10.0. The lowest BCUT2D eigenvalue weighted by Crippen LogP contribution is -2.37. The second-order valence-electron chi connectivity index (χ2n) is 3.54. The normalized spacial score (nSPS) is 10.9. The zero-order valence-electron chi connectivity index (χ0n) is 8.92. The van der Waals surface area contributed by atoms with Crippen molar-refractivity contribution in [1.82, 2.24) is 9.55 Å². The average Bonchev–Trinajstić information content (AvgIpc) is 2.24. The molecule has 0 bridgehead atoms. The lowest BCUT2D eigenvalue weighted by Gasteiger charge is -2.13. The Balaban J connectivity index is 3.09. The van der Waals surface area contributed by atoms with Crippen molar-refractivity contribution < 1.29 is 0 Å². The molecule has 4 nitrogen and oxygen atoms in total. The minimum absolute atomic E-state index is 0.259. The van der Waals surface area contributed by atoms with Crippen molar-refractivity contribution in [2.45, 2.75) is 33.2 Å². The van der Waals surface area contributed by atoms with Crippen molar-refractivity contribution in [3.63, 3.8) is 0 Å². The highest BCUT2D eigenvalue weighted by Crippen LogP contribution is 2.08. The fourth-order valence-electron chi connectivity index (χ4n) is 1.46. The van der Waals surface area contributed by atoms with Gasteiger partial charge in [0, 0.05) is 12.7 Å². The number of aromatic amines is 1. The highest BCUT2D eigenvalue weighted by Gasteiger charge is 2.10. The van der Waals surface area contributed by atoms with Crippen LogP contribution in [0.5, 0.6) is 0 Å². The van der Waals surface area contributed by atoms with Crippen LogP contribution in [0.25, 0.3) is 0 Å². The average molecular weight is 275 g/mol. The van der Waals surface area contributed by atoms with Crippen LogP contribution in [-0.2, 0) is 6.54 Å². The van der Waals surface area contributed by atoms with Gasteiger partial charge in [0.15, 0.2) is 0 Å². The van der Waals surface area contributed by atoms with E-state index in [0.717, 1.165) is 12.8 Å². The standard InChI is InChI=1S/C10H15BrN2O2/c1-3-7(4-2)6-13-9(14)8(11)5-12-10(13)15/h5,7H,3-4,6H2,1-2H3,(H,12,15). The van der Waals surface area contributed by atoms with E-state index in [-0.39, 0.29) is 11.2 Å². The van der Waals surface area contributed by atoms with E-state index in [1.54, 1.807) is 0 Å². The first kappa shape index (κ1) is 12.2. The SMILES string of the molecule is CCC(CC)Cn1c(=O)[nH]cc(Br)c1=O. The van der Waals surface area contributed by atoms with Gasteiger partial charge in [-0.05, 0) is 21.8 Å². The maximum absolute atomic E-state index is 11.7. The molecule has 1 N–H and O–H groups in total. The Bertz CT molecular complexity index is 432. The summed E-state index contributed by atoms with van der Waals surface area (Å²) < 4.78 is 1.65. The number of H-pyrrole nitrogens is 1. The van der Waals surface area contributed by atoms with Crippen LogP contribution >= 0.6 is 15.9 Å². The second kappa shape index (κ2) is 5.30. The highest BCUT2D eigenvalue weighted by molar-refractivity contribution is 9.10. The first-order valence-corrected chi connectivity index (χ1v) is 5.87. The lowest BCUT2D eigenvalue weighted by molar-refractivity contribution is 0.401. The van der Waals surface area contributed by atoms with Gasteiger partial charge in [0.1, 0.15) is 0 Å². The summed E-state index contributed by atoms with van der Waals surface area (Å²) in [6, 6.07) is 0. The third kappa shape index (κ3) is 2.81. The maximum atomic E-state index is 11.7. The van der Waals surface area contributed by atoms with E-state index in [0.29, 0.717) is 16.9 Å². The molecule has 1 aromatic rings. The zero-order valence-corrected chi connectivity index (χ0v) is 10.5. The van der Waals surface area contributed by atoms with E-state index < -0.39 is 0 Å². The second-order valence-corrected chi connectivity index (χ2v) is 4.39. The molecule has 0 aliphatic carbocycles. The molecule has 0 aromatic carbocycles. The van der Waals surface area contributed by atoms with Crippen LogP contribution in [0.15, 0.2) is 20.3 Å². The maximum Gasteiger partial charge on any atom is 0.328 e. The molecule has 0 saturated heterocycles. The van der Waals surface area contributed by atoms with Crippen LogP contribution in [0.4, 0.5) is 0 Å². The van der Waals surface area contributed by atoms with Crippen molar-refractivity contribution in [3.8, 4) is 0 Å². The number of hydrogen-bond donors (Lipinski definition) is 1. The molecular formula is C10H15BrN2O2. The number of halogens is 1. The first-order chi connectivity index (χ1) is 7.10. The van der Waals surface area contributed by atoms with E-state index in [1.165, 1.54) is 10.8 Å². The van der Waals surface area contributed by atoms with Gasteiger partial charge in [-0.3, -0.25) is 9.36 Å². The molecular weight excluding hydrogens is 260 g/mol. The van der Waals surface area contributed by atoms with E-state index >= 15 is 0 Å². The number of rotatable bonds is 4. The van der Waals surface area contributed by atoms with Gasteiger partial charge in [-0.15, -0.1) is 0 Å². The molecule has 1 heterocycles. The third-order valence-electron chi connectivity index (χ3n) is 2.61. The largest absolute Gasteiger partial charge is 0.328 e. The third-order valence-corrected chi connectivity index (χ3v) is 3.18. The summed E-state index contributed by atoms with van der Waals surface area (Å²) in [6.45, 7) is 4.61. The minimum atomic E-state index is -0.338. The molecule has 0 unspecified atom stereocenters. The van der Waals surface area contributed by atoms with Gasteiger partial charge in [-0.25, -0.2) is 4.79 Å². The Hall–Kier alpha value is -0.840. The molecule has 15 heavy (non-hydrogen) atoms. The Morgan fingerprint density at radius 3 is 2.53 bits per heavy atom. The summed E-state index contributed by atoms with van der Waals surface area (Å²) in [5, 5.41) is 0. The van der Waals surface area contributed by atoms with Gasteiger partial charge in [-0.1, -0.05) is 26.7 Å². The fraction of sp³-hybridized carbons (Fsp3) is 0.600. The molecule has 0 aliphatic rings. The topological polar surface area (TPSA) is 54.9 Å². The summed E-state index contributed by atoms with van der Waals surface area (Å²) in [5.41, 5.74) is -0.597. The number of hydrogen-bond acceptors (Lipinski definition) is 2. The van der Waals surface area contributed by atoms with Gasteiger partial charge in [-0.2, -0.15) is 0 Å². The summed E-state index contributed by atoms with van der Waals surface area (Å²) in [5.74, 6) is 0.373. The van der Waals surface area contributed by atoms with Gasteiger partial charge >= 0.3 is 5.69 Å². The van der Waals surface area contributed by atoms with Gasteiger partial charge < -0.3 is 4.98 Å². The molecule has 0 aliphatic heterocycles. The predicted octanol–water partition coefficient (Wildman–Crippen LogP) is 1.74. The molecule has 0 radical (unpaired) electrons. The molecule has 5 heteroatoms. The van der Waals surface area contributed by atoms with Crippen LogP contribution < -0.4 is 11.2 Å². The van der Waals surface area contributed by atoms with Crippen LogP contribution in [0, 0.1) is 5.92 Å². The monoisotopic (exact) mass is 274 g/mol. The Morgan fingerprint density at radius 2 is 2.00 bits per heavy atom. The van der Waals surface area contributed by atoms with E-state index in [9.17, 15) is 9.59 Å². The minimum Gasteiger partial charge on any atom is -0.313 e. The van der Waals surface area contributed by atoms with E-state index in [1.807, 2.05) is 0 Å². The molecule has 1 aromatic heterocycles. The zero-order chi connectivity index (χ0) is 11.4. The predicted molar refractivity (Wildman–Crippen MR) is 63.1 cm³/mol. The van der Waals surface area contributed by atoms with Crippen LogP contribution in [0.2, 0.25) is 0 Å². The van der Waals surface area contributed by atoms with Gasteiger partial charge in [0.2, 0.25) is 0 Å². The smallest absolute Gasteiger partial charge is 0.313 e. The van der Waals surface area contributed by atoms with Crippen molar-refractivity contribution in [2.24, 2.45) is 5.92 Å². The van der Waals surface area contributed by atoms with Crippen molar-refractivity contribution >= 4 is 15.9 Å². The Labute approximate surface area is 96.5 Å². The quantitative estimate of drug-likeness (QED) is 0.909. The first-order valence-electron chi connectivity index (χ1n) is 5.08. The highest BCUT2D eigenvalue weighted by atomic mass is 79.9. The molecule has 0 atom stereocenters. The number of nitrogens with zero attached hydrogens (tertiary/aromatic N) is 1. The summed E-state index contributed by atoms with van der Waals surface area (Å²) >= 11 is 3.11. The van der Waals surface area contributed by atoms with Crippen LogP contribution in [-0.4, -0.2) is 9.55 Å². The number of aromatic nitrogens is 2. The summed E-state index contributed by atoms with van der Waals surface area (Å²) in [4.78, 5) is 25.6. The van der Waals surface area contributed by atoms with Crippen molar-refractivity contribution in [1.29, 1.82) is 0 Å². The Morgan fingerprint density at radius 1 is 1.40 bits per heavy atom. The molecule has 0 amide bonds. The summed E-state index contributed by atoms with van der Waals surface area (Å²) in [7, 11) is 0. The molecule has 84 valence electrons.